The molecule has 0 saturated carbocycles. The molecule has 0 bridgehead atoms. The molecule has 0 aromatic rings. The van der Waals surface area contributed by atoms with Crippen LogP contribution < -0.4 is 0 Å². The zero-order chi connectivity index (χ0) is 19.3. The lowest BCUT2D eigenvalue weighted by Gasteiger charge is -2.43. The van der Waals surface area contributed by atoms with Gasteiger partial charge in [-0.2, -0.15) is 0 Å². The summed E-state index contributed by atoms with van der Waals surface area (Å²) in [5.74, 6) is -0.647. The number of hydrogen-bond donors (Lipinski definition) is 0. The van der Waals surface area contributed by atoms with Crippen LogP contribution in [0.4, 0.5) is 0 Å². The molecule has 0 aliphatic carbocycles. The van der Waals surface area contributed by atoms with E-state index >= 15 is 0 Å². The maximum atomic E-state index is 6.33. The van der Waals surface area contributed by atoms with Crippen molar-refractivity contribution in [3.05, 3.63) is 0 Å². The van der Waals surface area contributed by atoms with E-state index in [0.29, 0.717) is 0 Å². The van der Waals surface area contributed by atoms with Gasteiger partial charge < -0.3 is 14.2 Å². The van der Waals surface area contributed by atoms with Crippen LogP contribution in [0.25, 0.3) is 0 Å². The Kier molecular flexibility index (Phi) is 13.9. The Hall–Kier alpha value is -0.120. The summed E-state index contributed by atoms with van der Waals surface area (Å²) >= 11 is 0. The molecule has 0 fully saturated rings. The topological polar surface area (TPSA) is 27.7 Å². The summed E-state index contributed by atoms with van der Waals surface area (Å²) in [6.07, 6.45) is 11.4. The third-order valence-corrected chi connectivity index (χ3v) is 4.24. The van der Waals surface area contributed by atoms with Crippen molar-refractivity contribution in [2.45, 2.75) is 137 Å². The van der Waals surface area contributed by atoms with Crippen LogP contribution >= 0.6 is 0 Å². The monoisotopic (exact) mass is 358 g/mol. The van der Waals surface area contributed by atoms with Gasteiger partial charge in [0.2, 0.25) is 0 Å². The van der Waals surface area contributed by atoms with Crippen LogP contribution in [0.15, 0.2) is 0 Å². The highest BCUT2D eigenvalue weighted by Gasteiger charge is 2.44. The van der Waals surface area contributed by atoms with E-state index in [1.165, 1.54) is 38.5 Å². The highest BCUT2D eigenvalue weighted by atomic mass is 16.9. The van der Waals surface area contributed by atoms with Gasteiger partial charge in [-0.05, 0) is 54.4 Å². The summed E-state index contributed by atoms with van der Waals surface area (Å²) in [5.41, 5.74) is 0. The highest BCUT2D eigenvalue weighted by molar-refractivity contribution is 4.75. The van der Waals surface area contributed by atoms with Crippen molar-refractivity contribution in [2.24, 2.45) is 5.92 Å². The van der Waals surface area contributed by atoms with Crippen molar-refractivity contribution < 1.29 is 14.2 Å². The van der Waals surface area contributed by atoms with E-state index in [9.17, 15) is 0 Å². The van der Waals surface area contributed by atoms with Crippen molar-refractivity contribution in [1.82, 2.24) is 0 Å². The maximum absolute atomic E-state index is 6.33. The summed E-state index contributed by atoms with van der Waals surface area (Å²) in [6.45, 7) is 16.9. The molecule has 0 aromatic carbocycles. The van der Waals surface area contributed by atoms with E-state index in [1.807, 2.05) is 0 Å². The van der Waals surface area contributed by atoms with Gasteiger partial charge in [-0.15, -0.1) is 0 Å². The first kappa shape index (κ1) is 24.9. The van der Waals surface area contributed by atoms with E-state index in [4.69, 9.17) is 14.2 Å². The first-order valence-corrected chi connectivity index (χ1v) is 10.8. The standard InChI is InChI=1S/C22H46O3/c1-9-11-12-13-14-15-17-21(16-10-2)22(23-18(3)4,24-19(5)6)25-20(7)8/h18-21H,9-17H2,1-8H3. The Morgan fingerprint density at radius 1 is 0.560 bits per heavy atom. The number of rotatable bonds is 16. The van der Waals surface area contributed by atoms with Crippen LogP contribution in [0, 0.1) is 5.92 Å². The Morgan fingerprint density at radius 2 is 1.00 bits per heavy atom. The maximum Gasteiger partial charge on any atom is 0.286 e. The van der Waals surface area contributed by atoms with Crippen LogP contribution in [0.2, 0.25) is 0 Å². The Bertz CT molecular complexity index is 273. The lowest BCUT2D eigenvalue weighted by Crippen LogP contribution is -2.50. The molecule has 0 radical (unpaired) electrons. The third kappa shape index (κ3) is 11.2. The summed E-state index contributed by atoms with van der Waals surface area (Å²) in [4.78, 5) is 0. The molecule has 0 saturated heterocycles. The molecule has 0 aromatic heterocycles. The average Bonchev–Trinajstić information content (AvgIpc) is 2.47. The van der Waals surface area contributed by atoms with Crippen LogP contribution in [0.5, 0.6) is 0 Å². The minimum absolute atomic E-state index is 0.0708. The lowest BCUT2D eigenvalue weighted by atomic mass is 9.92. The van der Waals surface area contributed by atoms with Gasteiger partial charge in [-0.3, -0.25) is 0 Å². The summed E-state index contributed by atoms with van der Waals surface area (Å²) in [7, 11) is 0. The van der Waals surface area contributed by atoms with Gasteiger partial charge in [0.1, 0.15) is 0 Å². The number of ether oxygens (including phenoxy) is 3. The second-order valence-corrected chi connectivity index (χ2v) is 8.15. The van der Waals surface area contributed by atoms with Crippen LogP contribution in [0.1, 0.15) is 113 Å². The molecule has 3 heteroatoms. The molecule has 3 nitrogen and oxygen atoms in total. The van der Waals surface area contributed by atoms with Gasteiger partial charge in [0.25, 0.3) is 5.97 Å². The van der Waals surface area contributed by atoms with Crippen LogP contribution in [-0.4, -0.2) is 24.3 Å². The van der Waals surface area contributed by atoms with Gasteiger partial charge in [0.15, 0.2) is 0 Å². The van der Waals surface area contributed by atoms with E-state index in [-0.39, 0.29) is 24.2 Å². The third-order valence-electron chi connectivity index (χ3n) is 4.24. The average molecular weight is 359 g/mol. The first-order chi connectivity index (χ1) is 11.8. The molecular weight excluding hydrogens is 312 g/mol. The zero-order valence-electron chi connectivity index (χ0n) is 18.4. The molecule has 0 aliphatic heterocycles. The molecule has 1 atom stereocenters. The first-order valence-electron chi connectivity index (χ1n) is 10.8. The quantitative estimate of drug-likeness (QED) is 0.218. The second kappa shape index (κ2) is 14.0. The van der Waals surface area contributed by atoms with Crippen molar-refractivity contribution in [1.29, 1.82) is 0 Å². The van der Waals surface area contributed by atoms with E-state index in [1.54, 1.807) is 0 Å². The fraction of sp³-hybridized carbons (Fsp3) is 1.00. The molecule has 0 heterocycles. The number of unbranched alkanes of at least 4 members (excludes halogenated alkanes) is 5. The Labute approximate surface area is 158 Å². The minimum atomic E-state index is -0.921. The second-order valence-electron chi connectivity index (χ2n) is 8.15. The molecule has 25 heavy (non-hydrogen) atoms. The predicted molar refractivity (Wildman–Crippen MR) is 108 cm³/mol. The van der Waals surface area contributed by atoms with E-state index < -0.39 is 5.97 Å². The van der Waals surface area contributed by atoms with Gasteiger partial charge >= 0.3 is 0 Å². The lowest BCUT2D eigenvalue weighted by molar-refractivity contribution is -0.433. The predicted octanol–water partition coefficient (Wildman–Crippen LogP) is 7.08. The Morgan fingerprint density at radius 3 is 1.40 bits per heavy atom. The molecule has 152 valence electrons. The van der Waals surface area contributed by atoms with Crippen molar-refractivity contribution in [3.8, 4) is 0 Å². The fourth-order valence-corrected chi connectivity index (χ4v) is 3.38. The van der Waals surface area contributed by atoms with Gasteiger partial charge in [0.05, 0.1) is 18.3 Å². The normalized spacial score (nSPS) is 14.0. The Balaban J connectivity index is 5.09. The summed E-state index contributed by atoms with van der Waals surface area (Å²) in [6, 6.07) is 0. The van der Waals surface area contributed by atoms with Gasteiger partial charge in [-0.1, -0.05) is 58.8 Å². The highest BCUT2D eigenvalue weighted by Crippen LogP contribution is 2.36. The molecule has 1 unspecified atom stereocenters. The molecule has 0 aliphatic rings. The zero-order valence-corrected chi connectivity index (χ0v) is 18.4. The van der Waals surface area contributed by atoms with Crippen LogP contribution in [-0.2, 0) is 14.2 Å². The van der Waals surface area contributed by atoms with Crippen molar-refractivity contribution in [3.63, 3.8) is 0 Å². The number of hydrogen-bond acceptors (Lipinski definition) is 3. The summed E-state index contributed by atoms with van der Waals surface area (Å²) in [5, 5.41) is 0. The van der Waals surface area contributed by atoms with Gasteiger partial charge in [0, 0.05) is 5.92 Å². The summed E-state index contributed by atoms with van der Waals surface area (Å²) < 4.78 is 19.0. The molecule has 0 amide bonds. The van der Waals surface area contributed by atoms with Crippen molar-refractivity contribution >= 4 is 0 Å². The molecule has 0 N–H and O–H groups in total. The van der Waals surface area contributed by atoms with E-state index in [2.05, 4.69) is 55.4 Å². The van der Waals surface area contributed by atoms with Crippen LogP contribution in [0.3, 0.4) is 0 Å². The molecule has 0 rings (SSSR count). The SMILES string of the molecule is CCCCCCCCC(CCC)C(OC(C)C)(OC(C)C)OC(C)C. The van der Waals surface area contributed by atoms with Gasteiger partial charge in [-0.25, -0.2) is 0 Å². The largest absolute Gasteiger partial charge is 0.324 e. The van der Waals surface area contributed by atoms with Crippen molar-refractivity contribution in [2.75, 3.05) is 0 Å². The fourth-order valence-electron chi connectivity index (χ4n) is 3.38. The minimum Gasteiger partial charge on any atom is -0.324 e. The molecular formula is C22H46O3. The van der Waals surface area contributed by atoms with E-state index in [0.717, 1.165) is 19.3 Å². The smallest absolute Gasteiger partial charge is 0.286 e. The molecule has 0 spiro atoms.